The maximum atomic E-state index is 4.63. The average molecular weight is 336 g/mol. The van der Waals surface area contributed by atoms with Crippen molar-refractivity contribution < 1.29 is 0 Å². The zero-order chi connectivity index (χ0) is 14.5. The van der Waals surface area contributed by atoms with Crippen LogP contribution in [0.15, 0.2) is 28.7 Å². The summed E-state index contributed by atoms with van der Waals surface area (Å²) in [6.45, 7) is 8.13. The quantitative estimate of drug-likeness (QED) is 0.847. The molecule has 3 nitrogen and oxygen atoms in total. The second-order valence-corrected chi connectivity index (χ2v) is 5.53. The largest absolute Gasteiger partial charge is 0.379 e. The van der Waals surface area contributed by atoms with Crippen molar-refractivity contribution in [3.63, 3.8) is 0 Å². The molecule has 0 atom stereocenters. The lowest BCUT2D eigenvalue weighted by Crippen LogP contribution is -2.09. The molecule has 108 valence electrons. The van der Waals surface area contributed by atoms with E-state index in [9.17, 15) is 0 Å². The number of benzene rings is 1. The lowest BCUT2D eigenvalue weighted by atomic mass is 10.1. The Bertz CT molecular complexity index is 575. The molecule has 1 aromatic heterocycles. The lowest BCUT2D eigenvalue weighted by molar-refractivity contribution is 0.619. The SMILES string of the molecule is CCc1ccccc1NCc1c(Br)c(CC)nn1CC. The number of rotatable bonds is 6. The molecule has 0 aliphatic rings. The van der Waals surface area contributed by atoms with Gasteiger partial charge >= 0.3 is 0 Å². The highest BCUT2D eigenvalue weighted by Gasteiger charge is 2.13. The molecule has 0 radical (unpaired) electrons. The van der Waals surface area contributed by atoms with Crippen LogP contribution in [0.1, 0.15) is 37.7 Å². The van der Waals surface area contributed by atoms with Gasteiger partial charge in [0.25, 0.3) is 0 Å². The minimum absolute atomic E-state index is 0.790. The van der Waals surface area contributed by atoms with Crippen LogP contribution in [-0.2, 0) is 25.9 Å². The van der Waals surface area contributed by atoms with E-state index in [1.54, 1.807) is 0 Å². The van der Waals surface area contributed by atoms with Gasteiger partial charge in [-0.25, -0.2) is 0 Å². The van der Waals surface area contributed by atoms with Gasteiger partial charge in [-0.05, 0) is 47.3 Å². The molecular formula is C16H22BrN3. The molecule has 0 amide bonds. The number of para-hydroxylation sites is 1. The number of aryl methyl sites for hydroxylation is 3. The number of anilines is 1. The standard InChI is InChI=1S/C16H22BrN3/c1-4-12-9-7-8-10-14(12)18-11-15-16(17)13(5-2)19-20(15)6-3/h7-10,18H,4-6,11H2,1-3H3. The number of halogens is 1. The summed E-state index contributed by atoms with van der Waals surface area (Å²) >= 11 is 3.69. The van der Waals surface area contributed by atoms with Crippen molar-refractivity contribution in [3.8, 4) is 0 Å². The van der Waals surface area contributed by atoms with Crippen LogP contribution in [0.3, 0.4) is 0 Å². The topological polar surface area (TPSA) is 29.9 Å². The van der Waals surface area contributed by atoms with Gasteiger partial charge < -0.3 is 5.32 Å². The van der Waals surface area contributed by atoms with E-state index < -0.39 is 0 Å². The minimum atomic E-state index is 0.790. The van der Waals surface area contributed by atoms with E-state index in [1.807, 2.05) is 0 Å². The molecule has 0 saturated heterocycles. The van der Waals surface area contributed by atoms with Crippen LogP contribution in [-0.4, -0.2) is 9.78 Å². The summed E-state index contributed by atoms with van der Waals surface area (Å²) in [4.78, 5) is 0. The third kappa shape index (κ3) is 3.06. The zero-order valence-corrected chi connectivity index (χ0v) is 14.0. The molecule has 2 aromatic rings. The number of nitrogens with one attached hydrogen (secondary N) is 1. The highest BCUT2D eigenvalue weighted by atomic mass is 79.9. The minimum Gasteiger partial charge on any atom is -0.379 e. The summed E-state index contributed by atoms with van der Waals surface area (Å²) in [7, 11) is 0. The van der Waals surface area contributed by atoms with Gasteiger partial charge in [0.05, 0.1) is 22.4 Å². The van der Waals surface area contributed by atoms with Crippen LogP contribution >= 0.6 is 15.9 Å². The molecule has 0 aliphatic carbocycles. The second-order valence-electron chi connectivity index (χ2n) is 4.74. The number of hydrogen-bond acceptors (Lipinski definition) is 2. The first-order chi connectivity index (χ1) is 9.71. The van der Waals surface area contributed by atoms with Gasteiger partial charge in [-0.1, -0.05) is 32.0 Å². The molecule has 1 aromatic carbocycles. The van der Waals surface area contributed by atoms with E-state index in [0.29, 0.717) is 0 Å². The Labute approximate surface area is 129 Å². The predicted molar refractivity (Wildman–Crippen MR) is 88.1 cm³/mol. The van der Waals surface area contributed by atoms with Crippen LogP contribution in [0.5, 0.6) is 0 Å². The molecule has 4 heteroatoms. The van der Waals surface area contributed by atoms with Gasteiger partial charge in [0.2, 0.25) is 0 Å². The molecule has 1 N–H and O–H groups in total. The van der Waals surface area contributed by atoms with Crippen molar-refractivity contribution in [3.05, 3.63) is 45.7 Å². The molecule has 0 aliphatic heterocycles. The fourth-order valence-electron chi connectivity index (χ4n) is 2.37. The van der Waals surface area contributed by atoms with Gasteiger partial charge in [0, 0.05) is 12.2 Å². The van der Waals surface area contributed by atoms with Crippen LogP contribution in [0, 0.1) is 0 Å². The maximum Gasteiger partial charge on any atom is 0.0767 e. The van der Waals surface area contributed by atoms with Gasteiger partial charge in [-0.2, -0.15) is 5.10 Å². The molecule has 1 heterocycles. The van der Waals surface area contributed by atoms with E-state index in [4.69, 9.17) is 0 Å². The zero-order valence-electron chi connectivity index (χ0n) is 12.4. The van der Waals surface area contributed by atoms with Crippen molar-refractivity contribution in [1.29, 1.82) is 0 Å². The summed E-state index contributed by atoms with van der Waals surface area (Å²) in [5.74, 6) is 0. The van der Waals surface area contributed by atoms with Crippen molar-refractivity contribution in [2.24, 2.45) is 0 Å². The van der Waals surface area contributed by atoms with Crippen molar-refractivity contribution in [1.82, 2.24) is 9.78 Å². The maximum absolute atomic E-state index is 4.63. The Balaban J connectivity index is 2.20. The first-order valence-electron chi connectivity index (χ1n) is 7.27. The Morgan fingerprint density at radius 1 is 1.15 bits per heavy atom. The van der Waals surface area contributed by atoms with Crippen LogP contribution in [0.4, 0.5) is 5.69 Å². The first-order valence-corrected chi connectivity index (χ1v) is 8.06. The van der Waals surface area contributed by atoms with E-state index in [0.717, 1.165) is 36.1 Å². The molecule has 0 unspecified atom stereocenters. The molecule has 0 spiro atoms. The third-order valence-corrected chi connectivity index (χ3v) is 4.45. The van der Waals surface area contributed by atoms with Crippen LogP contribution < -0.4 is 5.32 Å². The van der Waals surface area contributed by atoms with E-state index in [2.05, 4.69) is 76.1 Å². The third-order valence-electron chi connectivity index (χ3n) is 3.54. The molecule has 0 bridgehead atoms. The highest BCUT2D eigenvalue weighted by molar-refractivity contribution is 9.10. The molecular weight excluding hydrogens is 314 g/mol. The monoisotopic (exact) mass is 335 g/mol. The van der Waals surface area contributed by atoms with E-state index in [-0.39, 0.29) is 0 Å². The number of nitrogens with zero attached hydrogens (tertiary/aromatic N) is 2. The first kappa shape index (κ1) is 15.1. The Hall–Kier alpha value is -1.29. The second kappa shape index (κ2) is 6.93. The Morgan fingerprint density at radius 3 is 2.55 bits per heavy atom. The van der Waals surface area contributed by atoms with Gasteiger partial charge in [-0.15, -0.1) is 0 Å². The van der Waals surface area contributed by atoms with Gasteiger partial charge in [-0.3, -0.25) is 4.68 Å². The van der Waals surface area contributed by atoms with Gasteiger partial charge in [0.1, 0.15) is 0 Å². The predicted octanol–water partition coefficient (Wildman–Crippen LogP) is 4.40. The van der Waals surface area contributed by atoms with Crippen molar-refractivity contribution >= 4 is 21.6 Å². The molecule has 2 rings (SSSR count). The highest BCUT2D eigenvalue weighted by Crippen LogP contribution is 2.24. The number of hydrogen-bond donors (Lipinski definition) is 1. The normalized spacial score (nSPS) is 10.8. The van der Waals surface area contributed by atoms with E-state index >= 15 is 0 Å². The summed E-state index contributed by atoms with van der Waals surface area (Å²) < 4.78 is 3.22. The fraction of sp³-hybridized carbons (Fsp3) is 0.438. The van der Waals surface area contributed by atoms with Crippen LogP contribution in [0.2, 0.25) is 0 Å². The summed E-state index contributed by atoms with van der Waals surface area (Å²) in [6, 6.07) is 8.47. The van der Waals surface area contributed by atoms with Crippen LogP contribution in [0.25, 0.3) is 0 Å². The average Bonchev–Trinajstić information content (AvgIpc) is 2.81. The molecule has 0 saturated carbocycles. The van der Waals surface area contributed by atoms with Crippen molar-refractivity contribution in [2.75, 3.05) is 5.32 Å². The summed E-state index contributed by atoms with van der Waals surface area (Å²) in [5, 5.41) is 8.17. The lowest BCUT2D eigenvalue weighted by Gasteiger charge is -2.12. The molecule has 0 fully saturated rings. The van der Waals surface area contributed by atoms with Gasteiger partial charge in [0.15, 0.2) is 0 Å². The van der Waals surface area contributed by atoms with E-state index in [1.165, 1.54) is 16.9 Å². The number of aromatic nitrogens is 2. The molecule has 20 heavy (non-hydrogen) atoms. The summed E-state index contributed by atoms with van der Waals surface area (Å²) in [6.07, 6.45) is 1.99. The smallest absolute Gasteiger partial charge is 0.0767 e. The Kier molecular flexibility index (Phi) is 5.24. The summed E-state index contributed by atoms with van der Waals surface area (Å²) in [5.41, 5.74) is 4.91. The fourth-order valence-corrected chi connectivity index (χ4v) is 3.07. The van der Waals surface area contributed by atoms with Crippen molar-refractivity contribution in [2.45, 2.75) is 46.7 Å². The Morgan fingerprint density at radius 2 is 1.90 bits per heavy atom.